The third-order valence-electron chi connectivity index (χ3n) is 10.0. The zero-order valence-electron chi connectivity index (χ0n) is 25.5. The predicted molar refractivity (Wildman–Crippen MR) is 212 cm³/mol. The Bertz CT molecular complexity index is 3140. The van der Waals surface area contributed by atoms with E-state index < -0.39 is 0 Å². The summed E-state index contributed by atoms with van der Waals surface area (Å²) in [6.45, 7) is 0. The van der Waals surface area contributed by atoms with Crippen LogP contribution in [0.1, 0.15) is 0 Å². The van der Waals surface area contributed by atoms with Crippen molar-refractivity contribution in [3.63, 3.8) is 0 Å². The maximum atomic E-state index is 6.43. The van der Waals surface area contributed by atoms with Crippen molar-refractivity contribution in [2.75, 3.05) is 0 Å². The Morgan fingerprint density at radius 3 is 1.96 bits per heavy atom. The average molecular weight is 666 g/mol. The Morgan fingerprint density at radius 2 is 1.08 bits per heavy atom. The van der Waals surface area contributed by atoms with Gasteiger partial charge in [-0.15, -0.1) is 22.7 Å². The van der Waals surface area contributed by atoms with Gasteiger partial charge in [0, 0.05) is 67.2 Å². The molecule has 3 heterocycles. The zero-order valence-corrected chi connectivity index (χ0v) is 27.9. The lowest BCUT2D eigenvalue weighted by Crippen LogP contribution is -1.95. The highest BCUT2D eigenvalue weighted by Gasteiger charge is 2.21. The van der Waals surface area contributed by atoms with Gasteiger partial charge in [0.05, 0.1) is 11.0 Å². The molecule has 1 nitrogen and oxygen atoms in total. The molecule has 4 heteroatoms. The first kappa shape index (κ1) is 26.8. The van der Waals surface area contributed by atoms with E-state index in [9.17, 15) is 0 Å². The first-order chi connectivity index (χ1) is 23.7. The molecule has 3 aromatic heterocycles. The fourth-order valence-electron chi connectivity index (χ4n) is 7.96. The van der Waals surface area contributed by atoms with Crippen molar-refractivity contribution in [1.29, 1.82) is 0 Å². The second kappa shape index (κ2) is 9.91. The molecule has 0 N–H and O–H groups in total. The van der Waals surface area contributed by atoms with Crippen LogP contribution in [0.25, 0.3) is 101 Å². The van der Waals surface area contributed by atoms with E-state index in [2.05, 4.69) is 144 Å². The normalized spacial score (nSPS) is 12.3. The van der Waals surface area contributed by atoms with Crippen molar-refractivity contribution in [1.82, 2.24) is 4.57 Å². The summed E-state index contributed by atoms with van der Waals surface area (Å²) in [6, 6.07) is 53.6. The summed E-state index contributed by atoms with van der Waals surface area (Å²) >= 11 is 10.1. The van der Waals surface area contributed by atoms with E-state index in [0.717, 1.165) is 5.02 Å². The van der Waals surface area contributed by atoms with Crippen LogP contribution in [0.4, 0.5) is 0 Å². The van der Waals surface area contributed by atoms with Crippen LogP contribution in [-0.2, 0) is 0 Å². The Morgan fingerprint density at radius 1 is 0.438 bits per heavy atom. The first-order valence-corrected chi connectivity index (χ1v) is 18.1. The van der Waals surface area contributed by atoms with Gasteiger partial charge >= 0.3 is 0 Å². The number of thiophene rings is 2. The number of rotatable bonds is 2. The van der Waals surface area contributed by atoms with Gasteiger partial charge in [0.1, 0.15) is 0 Å². The molecule has 0 radical (unpaired) electrons. The van der Waals surface area contributed by atoms with Crippen molar-refractivity contribution in [3.05, 3.63) is 151 Å². The Hall–Kier alpha value is -5.19. The van der Waals surface area contributed by atoms with E-state index in [1.807, 2.05) is 28.7 Å². The maximum Gasteiger partial charge on any atom is 0.0625 e. The summed E-state index contributed by atoms with van der Waals surface area (Å²) in [5.74, 6) is 0. The van der Waals surface area contributed by atoms with Crippen LogP contribution in [0.3, 0.4) is 0 Å². The largest absolute Gasteiger partial charge is 0.309 e. The number of nitrogens with zero attached hydrogens (tertiary/aromatic N) is 1. The lowest BCUT2D eigenvalue weighted by Gasteiger charge is -2.12. The molecule has 0 saturated heterocycles. The maximum absolute atomic E-state index is 6.43. The van der Waals surface area contributed by atoms with Gasteiger partial charge < -0.3 is 4.57 Å². The van der Waals surface area contributed by atoms with Crippen molar-refractivity contribution >= 4 is 118 Å². The van der Waals surface area contributed by atoms with Crippen LogP contribution in [0.5, 0.6) is 0 Å². The fourth-order valence-corrected chi connectivity index (χ4v) is 10.6. The lowest BCUT2D eigenvalue weighted by molar-refractivity contribution is 1.19. The van der Waals surface area contributed by atoms with Gasteiger partial charge in [0.2, 0.25) is 0 Å². The van der Waals surface area contributed by atoms with Gasteiger partial charge in [0.15, 0.2) is 0 Å². The number of hydrogen-bond donors (Lipinski definition) is 0. The molecule has 0 bridgehead atoms. The van der Waals surface area contributed by atoms with Gasteiger partial charge in [-0.05, 0) is 63.7 Å². The number of halogens is 1. The highest BCUT2D eigenvalue weighted by molar-refractivity contribution is 7.26. The molecule has 0 spiro atoms. The minimum absolute atomic E-state index is 0.775. The Balaban J connectivity index is 1.29. The summed E-state index contributed by atoms with van der Waals surface area (Å²) in [7, 11) is 0. The molecule has 0 saturated carbocycles. The second-order valence-electron chi connectivity index (χ2n) is 12.6. The highest BCUT2D eigenvalue weighted by Crippen LogP contribution is 2.46. The predicted octanol–water partition coefficient (Wildman–Crippen LogP) is 14.1. The number of aromatic nitrogens is 1. The zero-order chi connectivity index (χ0) is 31.5. The van der Waals surface area contributed by atoms with E-state index >= 15 is 0 Å². The molecular weight excluding hydrogens is 642 g/mol. The van der Waals surface area contributed by atoms with Gasteiger partial charge in [-0.3, -0.25) is 0 Å². The molecular formula is C44H24ClNS2. The molecule has 0 unspecified atom stereocenters. The van der Waals surface area contributed by atoms with Crippen LogP contribution in [0.2, 0.25) is 5.02 Å². The topological polar surface area (TPSA) is 4.93 Å². The molecule has 0 fully saturated rings. The van der Waals surface area contributed by atoms with Crippen molar-refractivity contribution in [2.24, 2.45) is 0 Å². The molecule has 11 aromatic rings. The van der Waals surface area contributed by atoms with Crippen molar-refractivity contribution < 1.29 is 0 Å². The van der Waals surface area contributed by atoms with Gasteiger partial charge in [-0.1, -0.05) is 121 Å². The Kier molecular flexibility index (Phi) is 5.54. The average Bonchev–Trinajstić information content (AvgIpc) is 3.80. The second-order valence-corrected chi connectivity index (χ2v) is 15.2. The van der Waals surface area contributed by atoms with Crippen molar-refractivity contribution in [3.8, 4) is 16.8 Å². The summed E-state index contributed by atoms with van der Waals surface area (Å²) < 4.78 is 7.66. The molecule has 0 aliphatic rings. The monoisotopic (exact) mass is 665 g/mol. The summed E-state index contributed by atoms with van der Waals surface area (Å²) in [4.78, 5) is 0. The van der Waals surface area contributed by atoms with E-state index in [1.165, 1.54) is 101 Å². The number of benzene rings is 8. The van der Waals surface area contributed by atoms with Gasteiger partial charge in [0.25, 0.3) is 0 Å². The van der Waals surface area contributed by atoms with Crippen LogP contribution in [-0.4, -0.2) is 4.57 Å². The van der Waals surface area contributed by atoms with Crippen LogP contribution >= 0.6 is 34.3 Å². The fraction of sp³-hybridized carbons (Fsp3) is 0. The smallest absolute Gasteiger partial charge is 0.0625 e. The minimum Gasteiger partial charge on any atom is -0.309 e. The molecule has 11 rings (SSSR count). The van der Waals surface area contributed by atoms with Crippen molar-refractivity contribution in [2.45, 2.75) is 0 Å². The van der Waals surface area contributed by atoms with E-state index in [4.69, 9.17) is 11.6 Å². The molecule has 0 aliphatic heterocycles. The molecule has 0 aliphatic carbocycles. The molecule has 0 amide bonds. The first-order valence-electron chi connectivity index (χ1n) is 16.1. The van der Waals surface area contributed by atoms with Crippen LogP contribution in [0.15, 0.2) is 146 Å². The highest BCUT2D eigenvalue weighted by atomic mass is 35.5. The molecule has 8 aromatic carbocycles. The third-order valence-corrected chi connectivity index (χ3v) is 12.6. The minimum atomic E-state index is 0.775. The Labute approximate surface area is 288 Å². The van der Waals surface area contributed by atoms with Gasteiger partial charge in [-0.25, -0.2) is 0 Å². The van der Waals surface area contributed by atoms with Crippen LogP contribution in [0, 0.1) is 0 Å². The number of fused-ring (bicyclic) bond motifs is 14. The SMILES string of the molecule is Clc1ccc2c(c1)sc1c(-c3ccc4c5c6ccccc6c6ccccc6c5n(-c5ccc6c(c5)sc5ccccc56)c4c3)cccc12. The van der Waals surface area contributed by atoms with Crippen LogP contribution < -0.4 is 0 Å². The van der Waals surface area contributed by atoms with E-state index in [-0.39, 0.29) is 0 Å². The van der Waals surface area contributed by atoms with E-state index in [0.29, 0.717) is 0 Å². The quantitative estimate of drug-likeness (QED) is 0.162. The third kappa shape index (κ3) is 3.67. The summed E-state index contributed by atoms with van der Waals surface area (Å²) in [5, 5.41) is 13.6. The number of hydrogen-bond acceptors (Lipinski definition) is 2. The molecule has 224 valence electrons. The lowest BCUT2D eigenvalue weighted by atomic mass is 9.96. The molecule has 0 atom stereocenters. The summed E-state index contributed by atoms with van der Waals surface area (Å²) in [6.07, 6.45) is 0. The molecule has 48 heavy (non-hydrogen) atoms. The summed E-state index contributed by atoms with van der Waals surface area (Å²) in [5.41, 5.74) is 6.11. The van der Waals surface area contributed by atoms with E-state index in [1.54, 1.807) is 0 Å². The standard InChI is InChI=1S/C44H24ClNS2/c45-26-17-20-33-36-14-7-13-28(44(36)48-40(33)23-26)25-16-19-37-38(22-25)46(27-18-21-32-31-10-5-6-15-39(31)47-41(32)24-27)43-35-12-4-2-9-30(35)29-8-1-3-11-34(29)42(37)43/h1-24H. The van der Waals surface area contributed by atoms with Gasteiger partial charge in [-0.2, -0.15) is 0 Å².